The Bertz CT molecular complexity index is 2310. The SMILES string of the molecule is O=C(NS(=O)(=O)C(F)(F)F)c1cc2c3c(c1)Cc1cccc4c1OCCOCCOCCOCCOCCOc1c(cccc1C2)Cc1cccc(c1OCCOCCOCCOCCOCCO3)C4. The first kappa shape index (κ1) is 52.8. The van der Waals surface area contributed by atoms with Crippen LogP contribution in [-0.2, 0) is 73.6 Å². The molecule has 2 aliphatic heterocycles. The molecule has 7 rings (SSSR count). The van der Waals surface area contributed by atoms with E-state index in [-0.39, 0.29) is 77.9 Å². The van der Waals surface area contributed by atoms with Crippen LogP contribution in [-0.4, -0.2) is 152 Å². The zero-order valence-electron chi connectivity index (χ0n) is 39.0. The number of ether oxygens (including phenoxy) is 12. The molecule has 70 heavy (non-hydrogen) atoms. The predicted octanol–water partition coefficient (Wildman–Crippen LogP) is 5.62. The van der Waals surface area contributed by atoms with Crippen LogP contribution in [0, 0.1) is 0 Å². The van der Waals surface area contributed by atoms with E-state index in [9.17, 15) is 26.4 Å². The quantitative estimate of drug-likeness (QED) is 0.231. The zero-order chi connectivity index (χ0) is 49.0. The molecular weight excluding hydrogens is 944 g/mol. The van der Waals surface area contributed by atoms with E-state index in [1.54, 1.807) is 0 Å². The average Bonchev–Trinajstić information content (AvgIpc) is 3.32. The van der Waals surface area contributed by atoms with Crippen LogP contribution < -0.4 is 23.7 Å². The van der Waals surface area contributed by atoms with E-state index in [0.717, 1.165) is 22.3 Å². The molecule has 12 bridgehead atoms. The largest absolute Gasteiger partial charge is 0.516 e. The van der Waals surface area contributed by atoms with Gasteiger partial charge in [-0.25, -0.2) is 4.72 Å². The summed E-state index contributed by atoms with van der Waals surface area (Å²) in [5.41, 5.74) is -0.882. The monoisotopic (exact) mass is 1000 g/mol. The first-order valence-corrected chi connectivity index (χ1v) is 24.8. The Morgan fingerprint density at radius 1 is 0.386 bits per heavy atom. The van der Waals surface area contributed by atoms with Crippen LogP contribution in [0.5, 0.6) is 23.0 Å². The molecule has 0 spiro atoms. The summed E-state index contributed by atoms with van der Waals surface area (Å²) in [4.78, 5) is 13.8. The second-order valence-electron chi connectivity index (χ2n) is 16.2. The van der Waals surface area contributed by atoms with Gasteiger partial charge in [0.05, 0.1) is 106 Å². The molecule has 20 heteroatoms. The van der Waals surface area contributed by atoms with Gasteiger partial charge in [-0.1, -0.05) is 54.6 Å². The molecule has 0 saturated carbocycles. The van der Waals surface area contributed by atoms with E-state index in [0.29, 0.717) is 131 Å². The summed E-state index contributed by atoms with van der Waals surface area (Å²) in [6, 6.07) is 19.9. The number of halogens is 3. The van der Waals surface area contributed by atoms with Crippen molar-refractivity contribution >= 4 is 15.9 Å². The van der Waals surface area contributed by atoms with Gasteiger partial charge in [-0.3, -0.25) is 4.79 Å². The fourth-order valence-electron chi connectivity index (χ4n) is 8.03. The third kappa shape index (κ3) is 15.5. The van der Waals surface area contributed by atoms with Crippen molar-refractivity contribution in [1.82, 2.24) is 4.72 Å². The number of carbonyl (C=O) groups is 1. The topological polar surface area (TPSA) is 174 Å². The molecule has 3 aliphatic rings. The number of hydrogen-bond acceptors (Lipinski definition) is 15. The van der Waals surface area contributed by atoms with Crippen molar-refractivity contribution in [2.75, 3.05) is 132 Å². The van der Waals surface area contributed by atoms with Gasteiger partial charge in [-0.2, -0.15) is 21.6 Å². The summed E-state index contributed by atoms with van der Waals surface area (Å²) in [7, 11) is -6.08. The molecule has 0 aromatic heterocycles. The molecule has 2 heterocycles. The predicted molar refractivity (Wildman–Crippen MR) is 248 cm³/mol. The Balaban J connectivity index is 1.42. The van der Waals surface area contributed by atoms with Gasteiger partial charge in [0, 0.05) is 31.2 Å². The Hall–Kier alpha value is -5.03. The standard InChI is InChI=1S/C50H60F3NO15S/c51-50(52,53)70(56,57)54-49(55)44-34-42-32-40-8-2-6-38-30-36-4-1-5-37-31-39-7-3-9-41(47(39)68-28-24-64-20-16-60-11-10-59-15-19-63-23-27-67-46(38)40)33-43(35-44)48(42)69-29-25-65-21-17-61-13-12-58-14-18-62-22-26-66-45(36)37/h1-9,34-35H,10-33H2,(H,54,55). The van der Waals surface area contributed by atoms with Crippen molar-refractivity contribution in [3.8, 4) is 23.0 Å². The molecule has 382 valence electrons. The van der Waals surface area contributed by atoms with Crippen LogP contribution in [0.15, 0.2) is 66.7 Å². The minimum absolute atomic E-state index is 0.0173. The van der Waals surface area contributed by atoms with Crippen LogP contribution in [0.4, 0.5) is 13.2 Å². The summed E-state index contributed by atoms with van der Waals surface area (Å²) in [6.07, 6.45) is 0.718. The maximum atomic E-state index is 13.8. The molecule has 4 aromatic rings. The van der Waals surface area contributed by atoms with Crippen molar-refractivity contribution < 1.29 is 83.2 Å². The Kier molecular flexibility index (Phi) is 20.3. The molecule has 0 atom stereocenters. The van der Waals surface area contributed by atoms with Crippen LogP contribution >= 0.6 is 0 Å². The fraction of sp³-hybridized carbons (Fsp3) is 0.500. The van der Waals surface area contributed by atoms with Gasteiger partial charge in [-0.15, -0.1) is 0 Å². The number of hydrogen-bond donors (Lipinski definition) is 1. The molecule has 1 aliphatic carbocycles. The lowest BCUT2D eigenvalue weighted by molar-refractivity contribution is -0.0446. The van der Waals surface area contributed by atoms with Crippen LogP contribution in [0.1, 0.15) is 54.9 Å². The third-order valence-electron chi connectivity index (χ3n) is 11.2. The van der Waals surface area contributed by atoms with Gasteiger partial charge in [0.15, 0.2) is 0 Å². The van der Waals surface area contributed by atoms with Crippen LogP contribution in [0.2, 0.25) is 0 Å². The van der Waals surface area contributed by atoms with Gasteiger partial charge >= 0.3 is 15.5 Å². The number of nitrogens with one attached hydrogen (secondary N) is 1. The minimum atomic E-state index is -6.08. The molecule has 1 N–H and O–H groups in total. The van der Waals surface area contributed by atoms with E-state index in [1.807, 2.05) is 54.6 Å². The second kappa shape index (κ2) is 27.0. The Labute approximate surface area is 405 Å². The highest BCUT2D eigenvalue weighted by Gasteiger charge is 2.47. The van der Waals surface area contributed by atoms with E-state index in [2.05, 4.69) is 0 Å². The van der Waals surface area contributed by atoms with Crippen molar-refractivity contribution in [3.63, 3.8) is 0 Å². The number of carbonyl (C=O) groups excluding carboxylic acids is 1. The maximum Gasteiger partial charge on any atom is 0.516 e. The van der Waals surface area contributed by atoms with Gasteiger partial charge in [0.1, 0.15) is 49.4 Å². The molecule has 0 saturated heterocycles. The van der Waals surface area contributed by atoms with Gasteiger partial charge in [-0.05, 0) is 56.6 Å². The summed E-state index contributed by atoms with van der Waals surface area (Å²) >= 11 is 0. The van der Waals surface area contributed by atoms with Crippen molar-refractivity contribution in [3.05, 3.63) is 117 Å². The number of para-hydroxylation sites is 3. The first-order valence-electron chi connectivity index (χ1n) is 23.3. The molecule has 0 unspecified atom stereocenters. The Morgan fingerprint density at radius 3 is 0.871 bits per heavy atom. The van der Waals surface area contributed by atoms with Gasteiger partial charge in [0.2, 0.25) is 0 Å². The van der Waals surface area contributed by atoms with E-state index in [1.165, 1.54) is 16.9 Å². The number of rotatable bonds is 2. The van der Waals surface area contributed by atoms with Gasteiger partial charge in [0.25, 0.3) is 5.91 Å². The first-order chi connectivity index (χ1) is 34.1. The summed E-state index contributed by atoms with van der Waals surface area (Å²) in [5, 5.41) is 0. The molecule has 4 aromatic carbocycles. The van der Waals surface area contributed by atoms with Crippen LogP contribution in [0.3, 0.4) is 0 Å². The second-order valence-corrected chi connectivity index (χ2v) is 17.9. The zero-order valence-corrected chi connectivity index (χ0v) is 39.8. The number of benzene rings is 4. The lowest BCUT2D eigenvalue weighted by Crippen LogP contribution is -2.40. The van der Waals surface area contributed by atoms with Crippen LogP contribution in [0.25, 0.3) is 0 Å². The maximum absolute atomic E-state index is 13.8. The lowest BCUT2D eigenvalue weighted by atomic mass is 9.90. The molecule has 16 nitrogen and oxygen atoms in total. The number of amides is 1. The molecule has 0 radical (unpaired) electrons. The third-order valence-corrected chi connectivity index (χ3v) is 12.3. The van der Waals surface area contributed by atoms with Crippen molar-refractivity contribution in [1.29, 1.82) is 0 Å². The highest BCUT2D eigenvalue weighted by molar-refractivity contribution is 7.90. The van der Waals surface area contributed by atoms with Crippen molar-refractivity contribution in [2.45, 2.75) is 31.2 Å². The molecular formula is C50H60F3NO15S. The van der Waals surface area contributed by atoms with Gasteiger partial charge < -0.3 is 56.8 Å². The fourth-order valence-corrected chi connectivity index (χ4v) is 8.51. The highest BCUT2D eigenvalue weighted by atomic mass is 32.2. The highest BCUT2D eigenvalue weighted by Crippen LogP contribution is 2.40. The van der Waals surface area contributed by atoms with Crippen molar-refractivity contribution in [2.24, 2.45) is 0 Å². The molecule has 0 fully saturated rings. The summed E-state index contributed by atoms with van der Waals surface area (Å²) in [6.45, 7) is 5.33. The summed E-state index contributed by atoms with van der Waals surface area (Å²) < 4.78 is 140. The molecule has 1 amide bonds. The number of alkyl halides is 3. The number of sulfonamides is 1. The normalized spacial score (nSPS) is 18.4. The average molecular weight is 1000 g/mol. The van der Waals surface area contributed by atoms with E-state index >= 15 is 0 Å². The minimum Gasteiger partial charge on any atom is -0.491 e. The summed E-state index contributed by atoms with van der Waals surface area (Å²) in [5.74, 6) is 0.474. The smallest absolute Gasteiger partial charge is 0.491 e. The van der Waals surface area contributed by atoms with E-state index in [4.69, 9.17) is 56.8 Å². The van der Waals surface area contributed by atoms with E-state index < -0.39 is 21.4 Å². The lowest BCUT2D eigenvalue weighted by Gasteiger charge is -2.23. The Morgan fingerprint density at radius 2 is 0.614 bits per heavy atom.